The van der Waals surface area contributed by atoms with Gasteiger partial charge >= 0.3 is 0 Å². The summed E-state index contributed by atoms with van der Waals surface area (Å²) in [5.74, 6) is 0.472. The summed E-state index contributed by atoms with van der Waals surface area (Å²) in [7, 11) is 0. The third-order valence-corrected chi connectivity index (χ3v) is 3.98. The van der Waals surface area contributed by atoms with Crippen molar-refractivity contribution in [2.45, 2.75) is 33.2 Å². The van der Waals surface area contributed by atoms with Crippen LogP contribution >= 0.6 is 11.6 Å². The Hall–Kier alpha value is -1.13. The van der Waals surface area contributed by atoms with Gasteiger partial charge in [-0.15, -0.1) is 0 Å². The minimum atomic E-state index is -0.0691. The van der Waals surface area contributed by atoms with Gasteiger partial charge in [0.25, 0.3) is 5.91 Å². The first-order valence-electron chi connectivity index (χ1n) is 7.12. The van der Waals surface area contributed by atoms with Gasteiger partial charge in [0.05, 0.1) is 0 Å². The molecule has 1 N–H and O–H groups in total. The minimum absolute atomic E-state index is 0.0691. The largest absolute Gasteiger partial charge is 0.352 e. The number of hydrogen-bond acceptors (Lipinski definition) is 3. The summed E-state index contributed by atoms with van der Waals surface area (Å²) in [5, 5.41) is 3.37. The number of nitrogens with zero attached hydrogens (tertiary/aromatic N) is 2. The summed E-state index contributed by atoms with van der Waals surface area (Å²) >= 11 is 5.88. The lowest BCUT2D eigenvalue weighted by Gasteiger charge is -2.20. The Morgan fingerprint density at radius 2 is 2.30 bits per heavy atom. The Kier molecular flexibility index (Phi) is 5.00. The first kappa shape index (κ1) is 15.3. The second kappa shape index (κ2) is 6.55. The maximum atomic E-state index is 12.1. The second-order valence-corrected chi connectivity index (χ2v) is 6.16. The average molecular weight is 296 g/mol. The van der Waals surface area contributed by atoms with Crippen LogP contribution in [0.5, 0.6) is 0 Å². The number of aryl methyl sites for hydroxylation is 1. The van der Waals surface area contributed by atoms with Crippen LogP contribution in [0.2, 0.25) is 5.15 Å². The van der Waals surface area contributed by atoms with E-state index < -0.39 is 0 Å². The lowest BCUT2D eigenvalue weighted by molar-refractivity contribution is 0.0947. The SMILES string of the molecule is Cc1cc(C(=O)NCC2CCN(C(C)C)C2)cc(Cl)n1. The highest BCUT2D eigenvalue weighted by molar-refractivity contribution is 6.29. The molecular formula is C15H22ClN3O. The van der Waals surface area contributed by atoms with Crippen LogP contribution in [0.15, 0.2) is 12.1 Å². The number of aromatic nitrogens is 1. The molecule has 5 heteroatoms. The highest BCUT2D eigenvalue weighted by Gasteiger charge is 2.24. The Labute approximate surface area is 125 Å². The maximum absolute atomic E-state index is 12.1. The summed E-state index contributed by atoms with van der Waals surface area (Å²) in [6, 6.07) is 3.95. The van der Waals surface area contributed by atoms with Gasteiger partial charge in [0.1, 0.15) is 5.15 Å². The molecule has 0 aromatic carbocycles. The Balaban J connectivity index is 1.87. The third-order valence-electron chi connectivity index (χ3n) is 3.78. The Bertz CT molecular complexity index is 470. The summed E-state index contributed by atoms with van der Waals surface area (Å²) < 4.78 is 0. The lowest BCUT2D eigenvalue weighted by Crippen LogP contribution is -2.33. The minimum Gasteiger partial charge on any atom is -0.352 e. The van der Waals surface area contributed by atoms with Crippen molar-refractivity contribution in [1.82, 2.24) is 15.2 Å². The van der Waals surface area contributed by atoms with Gasteiger partial charge in [0, 0.05) is 30.4 Å². The summed E-state index contributed by atoms with van der Waals surface area (Å²) in [4.78, 5) is 18.6. The Morgan fingerprint density at radius 3 is 2.90 bits per heavy atom. The van der Waals surface area contributed by atoms with Crippen LogP contribution in [0.3, 0.4) is 0 Å². The van der Waals surface area contributed by atoms with Crippen LogP contribution in [-0.4, -0.2) is 41.5 Å². The van der Waals surface area contributed by atoms with Gasteiger partial charge < -0.3 is 10.2 Å². The molecule has 0 spiro atoms. The zero-order chi connectivity index (χ0) is 14.7. The van der Waals surface area contributed by atoms with E-state index in [4.69, 9.17) is 11.6 Å². The van der Waals surface area contributed by atoms with Crippen molar-refractivity contribution in [1.29, 1.82) is 0 Å². The molecule has 1 aliphatic rings. The Morgan fingerprint density at radius 1 is 1.55 bits per heavy atom. The molecule has 1 aromatic rings. The van der Waals surface area contributed by atoms with Crippen molar-refractivity contribution in [3.8, 4) is 0 Å². The number of halogens is 1. The van der Waals surface area contributed by atoms with Gasteiger partial charge in [-0.1, -0.05) is 11.6 Å². The summed E-state index contributed by atoms with van der Waals surface area (Å²) in [5.41, 5.74) is 1.34. The van der Waals surface area contributed by atoms with E-state index in [1.807, 2.05) is 6.92 Å². The normalized spacial score (nSPS) is 19.6. The topological polar surface area (TPSA) is 45.2 Å². The molecule has 1 aromatic heterocycles. The summed E-state index contributed by atoms with van der Waals surface area (Å²) in [6.45, 7) is 9.17. The van der Waals surface area contributed by atoms with Crippen molar-refractivity contribution in [2.75, 3.05) is 19.6 Å². The van der Waals surface area contributed by atoms with E-state index >= 15 is 0 Å². The molecule has 0 saturated carbocycles. The van der Waals surface area contributed by atoms with E-state index in [-0.39, 0.29) is 5.91 Å². The molecule has 0 aliphatic carbocycles. The zero-order valence-corrected chi connectivity index (χ0v) is 13.1. The van der Waals surface area contributed by atoms with E-state index in [0.717, 1.165) is 31.7 Å². The molecule has 4 nitrogen and oxygen atoms in total. The number of carbonyl (C=O) groups excluding carboxylic acids is 1. The van der Waals surface area contributed by atoms with Crippen molar-refractivity contribution >= 4 is 17.5 Å². The zero-order valence-electron chi connectivity index (χ0n) is 12.3. The first-order valence-corrected chi connectivity index (χ1v) is 7.50. The van der Waals surface area contributed by atoms with E-state index in [2.05, 4.69) is 29.0 Å². The van der Waals surface area contributed by atoms with E-state index in [0.29, 0.717) is 22.7 Å². The van der Waals surface area contributed by atoms with Gasteiger partial charge in [-0.3, -0.25) is 4.79 Å². The van der Waals surface area contributed by atoms with Gasteiger partial charge in [-0.25, -0.2) is 4.98 Å². The number of likely N-dealkylation sites (tertiary alicyclic amines) is 1. The van der Waals surface area contributed by atoms with Gasteiger partial charge in [0.2, 0.25) is 0 Å². The van der Waals surface area contributed by atoms with Crippen LogP contribution in [0, 0.1) is 12.8 Å². The van der Waals surface area contributed by atoms with Crippen LogP contribution in [0.25, 0.3) is 0 Å². The molecule has 20 heavy (non-hydrogen) atoms. The number of rotatable bonds is 4. The van der Waals surface area contributed by atoms with Gasteiger partial charge in [-0.05, 0) is 51.8 Å². The monoisotopic (exact) mass is 295 g/mol. The van der Waals surface area contributed by atoms with E-state index in [1.54, 1.807) is 12.1 Å². The predicted molar refractivity (Wildman–Crippen MR) is 81.1 cm³/mol. The standard InChI is InChI=1S/C15H22ClN3O/c1-10(2)19-5-4-12(9-19)8-17-15(20)13-6-11(3)18-14(16)7-13/h6-7,10,12H,4-5,8-9H2,1-3H3,(H,17,20). The molecule has 1 amide bonds. The van der Waals surface area contributed by atoms with Crippen LogP contribution in [0.1, 0.15) is 36.3 Å². The van der Waals surface area contributed by atoms with Crippen LogP contribution in [0.4, 0.5) is 0 Å². The molecule has 0 radical (unpaired) electrons. The molecule has 1 atom stereocenters. The predicted octanol–water partition coefficient (Wildman–Crippen LogP) is 2.50. The van der Waals surface area contributed by atoms with E-state index in [1.165, 1.54) is 0 Å². The van der Waals surface area contributed by atoms with E-state index in [9.17, 15) is 4.79 Å². The van der Waals surface area contributed by atoms with Crippen molar-refractivity contribution in [2.24, 2.45) is 5.92 Å². The molecule has 2 rings (SSSR count). The van der Waals surface area contributed by atoms with Crippen molar-refractivity contribution < 1.29 is 4.79 Å². The highest BCUT2D eigenvalue weighted by Crippen LogP contribution is 2.18. The molecule has 1 saturated heterocycles. The maximum Gasteiger partial charge on any atom is 0.251 e. The quantitative estimate of drug-likeness (QED) is 0.868. The van der Waals surface area contributed by atoms with Gasteiger partial charge in [0.15, 0.2) is 0 Å². The fraction of sp³-hybridized carbons (Fsp3) is 0.600. The summed E-state index contributed by atoms with van der Waals surface area (Å²) in [6.07, 6.45) is 1.15. The fourth-order valence-corrected chi connectivity index (χ4v) is 2.85. The molecule has 1 aliphatic heterocycles. The third kappa shape index (κ3) is 3.93. The van der Waals surface area contributed by atoms with Crippen LogP contribution < -0.4 is 5.32 Å². The number of nitrogens with one attached hydrogen (secondary N) is 1. The molecule has 2 heterocycles. The first-order chi connectivity index (χ1) is 9.45. The van der Waals surface area contributed by atoms with Gasteiger partial charge in [-0.2, -0.15) is 0 Å². The smallest absolute Gasteiger partial charge is 0.251 e. The average Bonchev–Trinajstić information content (AvgIpc) is 2.83. The number of carbonyl (C=O) groups is 1. The lowest BCUT2D eigenvalue weighted by atomic mass is 10.1. The number of pyridine rings is 1. The van der Waals surface area contributed by atoms with Crippen molar-refractivity contribution in [3.63, 3.8) is 0 Å². The molecule has 1 fully saturated rings. The second-order valence-electron chi connectivity index (χ2n) is 5.77. The van der Waals surface area contributed by atoms with Crippen LogP contribution in [-0.2, 0) is 0 Å². The molecule has 0 bridgehead atoms. The number of amides is 1. The van der Waals surface area contributed by atoms with Crippen molar-refractivity contribution in [3.05, 3.63) is 28.5 Å². The fourth-order valence-electron chi connectivity index (χ4n) is 2.60. The highest BCUT2D eigenvalue weighted by atomic mass is 35.5. The molecule has 1 unspecified atom stereocenters. The molecule has 110 valence electrons. The molecular weight excluding hydrogens is 274 g/mol. The number of hydrogen-bond donors (Lipinski definition) is 1.